The van der Waals surface area contributed by atoms with E-state index in [1.165, 1.54) is 22.5 Å². The van der Waals surface area contributed by atoms with E-state index in [-0.39, 0.29) is 18.0 Å². The van der Waals surface area contributed by atoms with Crippen molar-refractivity contribution >= 4 is 29.0 Å². The molecule has 160 valence electrons. The number of amides is 3. The zero-order valence-corrected chi connectivity index (χ0v) is 18.6. The number of benzene rings is 2. The Morgan fingerprint density at radius 2 is 1.81 bits per heavy atom. The molecule has 0 aliphatic carbocycles. The second-order valence-corrected chi connectivity index (χ2v) is 8.83. The van der Waals surface area contributed by atoms with Gasteiger partial charge in [-0.3, -0.25) is 4.79 Å². The summed E-state index contributed by atoms with van der Waals surface area (Å²) in [5.74, 6) is -0.0539. The first kappa shape index (κ1) is 21.1. The molecule has 0 fully saturated rings. The van der Waals surface area contributed by atoms with E-state index in [2.05, 4.69) is 22.4 Å². The average Bonchev–Trinajstić information content (AvgIpc) is 3.26. The van der Waals surface area contributed by atoms with Crippen molar-refractivity contribution in [1.29, 1.82) is 0 Å². The van der Waals surface area contributed by atoms with Gasteiger partial charge in [-0.25, -0.2) is 9.78 Å². The Labute approximate surface area is 186 Å². The molecule has 3 aromatic rings. The number of fused-ring (bicyclic) bond motifs is 1. The van der Waals surface area contributed by atoms with Gasteiger partial charge in [-0.15, -0.1) is 11.3 Å². The first-order valence-corrected chi connectivity index (χ1v) is 11.3. The summed E-state index contributed by atoms with van der Waals surface area (Å²) < 4.78 is 0. The summed E-state index contributed by atoms with van der Waals surface area (Å²) in [6.45, 7) is 5.60. The van der Waals surface area contributed by atoms with Gasteiger partial charge in [-0.05, 0) is 43.5 Å². The average molecular weight is 435 g/mol. The van der Waals surface area contributed by atoms with Crippen molar-refractivity contribution in [1.82, 2.24) is 14.8 Å². The summed E-state index contributed by atoms with van der Waals surface area (Å²) >= 11 is 1.42. The molecule has 31 heavy (non-hydrogen) atoms. The van der Waals surface area contributed by atoms with Gasteiger partial charge in [0.25, 0.3) is 5.91 Å². The van der Waals surface area contributed by atoms with Gasteiger partial charge in [0.1, 0.15) is 10.7 Å². The molecule has 0 unspecified atom stereocenters. The number of rotatable bonds is 5. The molecule has 3 amide bonds. The van der Waals surface area contributed by atoms with Gasteiger partial charge in [0, 0.05) is 30.2 Å². The summed E-state index contributed by atoms with van der Waals surface area (Å²) in [6.07, 6.45) is 0.861. The second-order valence-electron chi connectivity index (χ2n) is 7.89. The maximum absolute atomic E-state index is 13.0. The largest absolute Gasteiger partial charge is 0.333 e. The number of nitrogens with one attached hydrogen (secondary N) is 1. The summed E-state index contributed by atoms with van der Waals surface area (Å²) in [6, 6.07) is 17.4. The van der Waals surface area contributed by atoms with Gasteiger partial charge in [0.05, 0.1) is 6.54 Å². The Balaban J connectivity index is 1.42. The molecule has 0 spiro atoms. The van der Waals surface area contributed by atoms with Gasteiger partial charge in [-0.1, -0.05) is 42.5 Å². The second kappa shape index (κ2) is 9.31. The van der Waals surface area contributed by atoms with Gasteiger partial charge >= 0.3 is 6.03 Å². The summed E-state index contributed by atoms with van der Waals surface area (Å²) in [5.41, 5.74) is 3.70. The number of nitrogens with zero attached hydrogens (tertiary/aromatic N) is 3. The minimum Gasteiger partial charge on any atom is -0.333 e. The fraction of sp³-hybridized carbons (Fsp3) is 0.292. The molecule has 0 atom stereocenters. The smallest absolute Gasteiger partial charge is 0.322 e. The molecule has 6 nitrogen and oxygen atoms in total. The Hall–Kier alpha value is -3.19. The molecule has 0 radical (unpaired) electrons. The lowest BCUT2D eigenvalue weighted by atomic mass is 10.00. The van der Waals surface area contributed by atoms with E-state index < -0.39 is 0 Å². The fourth-order valence-corrected chi connectivity index (χ4v) is 4.43. The number of thiazole rings is 1. The van der Waals surface area contributed by atoms with E-state index >= 15 is 0 Å². The Morgan fingerprint density at radius 1 is 1.10 bits per heavy atom. The maximum atomic E-state index is 13.0. The number of carbonyl (C=O) groups is 2. The molecule has 2 aromatic carbocycles. The highest BCUT2D eigenvalue weighted by molar-refractivity contribution is 7.09. The van der Waals surface area contributed by atoms with Crippen LogP contribution in [0, 0.1) is 0 Å². The van der Waals surface area contributed by atoms with Crippen LogP contribution in [0.3, 0.4) is 0 Å². The van der Waals surface area contributed by atoms with Crippen molar-refractivity contribution in [3.05, 3.63) is 81.8 Å². The van der Waals surface area contributed by atoms with Crippen LogP contribution >= 0.6 is 11.3 Å². The van der Waals surface area contributed by atoms with E-state index in [4.69, 9.17) is 0 Å². The van der Waals surface area contributed by atoms with E-state index in [1.807, 2.05) is 61.2 Å². The molecule has 1 aliphatic heterocycles. The third-order valence-corrected chi connectivity index (χ3v) is 6.24. The normalized spacial score (nSPS) is 13.1. The van der Waals surface area contributed by atoms with Crippen LogP contribution in [0.25, 0.3) is 0 Å². The zero-order valence-electron chi connectivity index (χ0n) is 17.7. The van der Waals surface area contributed by atoms with E-state index in [1.54, 1.807) is 10.3 Å². The minimum absolute atomic E-state index is 0.00893. The van der Waals surface area contributed by atoms with Crippen molar-refractivity contribution in [3.8, 4) is 0 Å². The molecule has 4 rings (SSSR count). The molecule has 2 heterocycles. The third-order valence-electron chi connectivity index (χ3n) is 5.40. The van der Waals surface area contributed by atoms with Gasteiger partial charge in [0.15, 0.2) is 0 Å². The topological polar surface area (TPSA) is 65.5 Å². The standard InChI is InChI=1S/C24H26N4O2S/c1-17(2)28(24(30)25-20-10-4-3-5-11-20)15-22-26-21(16-31-22)23(29)27-13-12-18-8-6-7-9-19(18)14-27/h3-11,16-17H,12-15H2,1-2H3,(H,25,30). The van der Waals surface area contributed by atoms with E-state index in [0.29, 0.717) is 25.3 Å². The predicted molar refractivity (Wildman–Crippen MR) is 123 cm³/mol. The van der Waals surface area contributed by atoms with Crippen molar-refractivity contribution < 1.29 is 9.59 Å². The minimum atomic E-state index is -0.183. The molecule has 0 saturated carbocycles. The molecular weight excluding hydrogens is 408 g/mol. The first-order chi connectivity index (χ1) is 15.0. The highest BCUT2D eigenvalue weighted by Crippen LogP contribution is 2.22. The number of urea groups is 1. The number of carbonyl (C=O) groups excluding carboxylic acids is 2. The third kappa shape index (κ3) is 4.94. The monoisotopic (exact) mass is 434 g/mol. The number of aromatic nitrogens is 1. The number of para-hydroxylation sites is 1. The summed E-state index contributed by atoms with van der Waals surface area (Å²) in [7, 11) is 0. The molecule has 1 N–H and O–H groups in total. The van der Waals surface area contributed by atoms with Crippen LogP contribution in [0.4, 0.5) is 10.5 Å². The maximum Gasteiger partial charge on any atom is 0.322 e. The molecule has 0 saturated heterocycles. The van der Waals surface area contributed by atoms with Gasteiger partial charge < -0.3 is 15.1 Å². The van der Waals surface area contributed by atoms with E-state index in [9.17, 15) is 9.59 Å². The van der Waals surface area contributed by atoms with Gasteiger partial charge in [-0.2, -0.15) is 0 Å². The molecule has 7 heteroatoms. The molecule has 1 aromatic heterocycles. The molecule has 0 bridgehead atoms. The van der Waals surface area contributed by atoms with Crippen LogP contribution in [-0.2, 0) is 19.5 Å². The van der Waals surface area contributed by atoms with Crippen LogP contribution in [0.1, 0.15) is 40.5 Å². The van der Waals surface area contributed by atoms with Crippen LogP contribution in [-0.4, -0.2) is 39.3 Å². The number of anilines is 1. The lowest BCUT2D eigenvalue weighted by Crippen LogP contribution is -2.39. The van der Waals surface area contributed by atoms with Crippen molar-refractivity contribution in [2.45, 2.75) is 39.4 Å². The van der Waals surface area contributed by atoms with Crippen LogP contribution in [0.5, 0.6) is 0 Å². The van der Waals surface area contributed by atoms with Crippen LogP contribution in [0.15, 0.2) is 60.0 Å². The summed E-state index contributed by atoms with van der Waals surface area (Å²) in [4.78, 5) is 33.9. The van der Waals surface area contributed by atoms with Crippen molar-refractivity contribution in [3.63, 3.8) is 0 Å². The quantitative estimate of drug-likeness (QED) is 0.628. The molecular formula is C24H26N4O2S. The van der Waals surface area contributed by atoms with Crippen molar-refractivity contribution in [2.75, 3.05) is 11.9 Å². The van der Waals surface area contributed by atoms with Crippen LogP contribution < -0.4 is 5.32 Å². The zero-order chi connectivity index (χ0) is 21.8. The lowest BCUT2D eigenvalue weighted by Gasteiger charge is -2.28. The number of hydrogen-bond donors (Lipinski definition) is 1. The Bertz CT molecular complexity index is 1060. The Kier molecular flexibility index (Phi) is 6.32. The first-order valence-electron chi connectivity index (χ1n) is 10.4. The van der Waals surface area contributed by atoms with Gasteiger partial charge in [0.2, 0.25) is 0 Å². The van der Waals surface area contributed by atoms with E-state index in [0.717, 1.165) is 17.1 Å². The SMILES string of the molecule is CC(C)N(Cc1nc(C(=O)N2CCc3ccccc3C2)cs1)C(=O)Nc1ccccc1. The number of hydrogen-bond acceptors (Lipinski definition) is 4. The van der Waals surface area contributed by atoms with Crippen molar-refractivity contribution in [2.24, 2.45) is 0 Å². The summed E-state index contributed by atoms with van der Waals surface area (Å²) in [5, 5.41) is 5.47. The van der Waals surface area contributed by atoms with Crippen LogP contribution in [0.2, 0.25) is 0 Å². The molecule has 1 aliphatic rings. The highest BCUT2D eigenvalue weighted by Gasteiger charge is 2.25. The highest BCUT2D eigenvalue weighted by atomic mass is 32.1. The lowest BCUT2D eigenvalue weighted by molar-refractivity contribution is 0.0729. The fourth-order valence-electron chi connectivity index (χ4n) is 3.66. The predicted octanol–water partition coefficient (Wildman–Crippen LogP) is 4.78. The Morgan fingerprint density at radius 3 is 2.55 bits per heavy atom.